The van der Waals surface area contributed by atoms with Crippen molar-refractivity contribution < 1.29 is 14.3 Å². The lowest BCUT2D eigenvalue weighted by Gasteiger charge is -2.05. The molecule has 3 nitrogen and oxygen atoms in total. The lowest BCUT2D eigenvalue weighted by atomic mass is 10.2. The van der Waals surface area contributed by atoms with E-state index in [1.165, 1.54) is 0 Å². The highest BCUT2D eigenvalue weighted by Gasteiger charge is 2.07. The first-order chi connectivity index (χ1) is 8.79. The van der Waals surface area contributed by atoms with Gasteiger partial charge in [-0.2, -0.15) is 0 Å². The summed E-state index contributed by atoms with van der Waals surface area (Å²) < 4.78 is 10.2. The highest BCUT2D eigenvalue weighted by molar-refractivity contribution is 5.89. The van der Waals surface area contributed by atoms with E-state index in [4.69, 9.17) is 9.47 Å². The number of esters is 1. The van der Waals surface area contributed by atoms with Crippen LogP contribution < -0.4 is 4.74 Å². The molecular formula is C15H14O3. The van der Waals surface area contributed by atoms with E-state index in [1.54, 1.807) is 31.4 Å². The summed E-state index contributed by atoms with van der Waals surface area (Å²) in [5.41, 5.74) is 1.49. The summed E-state index contributed by atoms with van der Waals surface area (Å²) in [6.07, 6.45) is 0. The minimum absolute atomic E-state index is 0.283. The summed E-state index contributed by atoms with van der Waals surface area (Å²) in [6.45, 7) is 0.283. The predicted octanol–water partition coefficient (Wildman–Crippen LogP) is 3.05. The van der Waals surface area contributed by atoms with Crippen LogP contribution in [0.25, 0.3) is 0 Å². The van der Waals surface area contributed by atoms with Crippen LogP contribution in [0.1, 0.15) is 15.9 Å². The van der Waals surface area contributed by atoms with Gasteiger partial charge in [0.25, 0.3) is 0 Å². The zero-order chi connectivity index (χ0) is 12.8. The molecule has 18 heavy (non-hydrogen) atoms. The van der Waals surface area contributed by atoms with Gasteiger partial charge in [0, 0.05) is 0 Å². The van der Waals surface area contributed by atoms with E-state index in [9.17, 15) is 4.79 Å². The number of rotatable bonds is 4. The molecule has 2 rings (SSSR count). The van der Waals surface area contributed by atoms with Crippen LogP contribution in [0.5, 0.6) is 5.75 Å². The third-order valence-electron chi connectivity index (χ3n) is 2.54. The summed E-state index contributed by atoms with van der Waals surface area (Å²) in [7, 11) is 1.59. The lowest BCUT2D eigenvalue weighted by molar-refractivity contribution is 0.0472. The van der Waals surface area contributed by atoms with E-state index in [0.717, 1.165) is 11.3 Å². The maximum atomic E-state index is 11.8. The summed E-state index contributed by atoms with van der Waals surface area (Å²) in [6, 6.07) is 16.4. The van der Waals surface area contributed by atoms with E-state index >= 15 is 0 Å². The smallest absolute Gasteiger partial charge is 0.338 e. The zero-order valence-electron chi connectivity index (χ0n) is 10.1. The summed E-state index contributed by atoms with van der Waals surface area (Å²) in [5.74, 6) is 0.385. The molecule has 0 fully saturated rings. The molecule has 0 unspecified atom stereocenters. The molecule has 0 saturated carbocycles. The van der Waals surface area contributed by atoms with Gasteiger partial charge in [-0.1, -0.05) is 30.3 Å². The number of carbonyl (C=O) groups excluding carboxylic acids is 1. The second-order valence-electron chi connectivity index (χ2n) is 3.79. The Morgan fingerprint density at radius 2 is 1.67 bits per heavy atom. The number of methoxy groups -OCH3 is 1. The normalized spacial score (nSPS) is 9.83. The fourth-order valence-electron chi connectivity index (χ4n) is 1.53. The quantitative estimate of drug-likeness (QED) is 0.773. The van der Waals surface area contributed by atoms with Gasteiger partial charge >= 0.3 is 5.97 Å². The Hall–Kier alpha value is -2.29. The minimum Gasteiger partial charge on any atom is -0.497 e. The number of hydrogen-bond acceptors (Lipinski definition) is 3. The molecule has 0 spiro atoms. The molecule has 0 saturated heterocycles. The SMILES string of the molecule is COc1ccc(C(=O)OCc2ccccc2)cc1. The molecule has 0 amide bonds. The highest BCUT2D eigenvalue weighted by atomic mass is 16.5. The summed E-state index contributed by atoms with van der Waals surface area (Å²) in [5, 5.41) is 0. The maximum Gasteiger partial charge on any atom is 0.338 e. The largest absolute Gasteiger partial charge is 0.497 e. The zero-order valence-corrected chi connectivity index (χ0v) is 10.1. The Balaban J connectivity index is 1.95. The molecule has 0 bridgehead atoms. The third kappa shape index (κ3) is 3.10. The van der Waals surface area contributed by atoms with Crippen molar-refractivity contribution >= 4 is 5.97 Å². The van der Waals surface area contributed by atoms with Crippen molar-refractivity contribution in [1.29, 1.82) is 0 Å². The second kappa shape index (κ2) is 5.87. The van der Waals surface area contributed by atoms with Crippen LogP contribution in [0.15, 0.2) is 54.6 Å². The molecule has 0 aliphatic heterocycles. The van der Waals surface area contributed by atoms with Crippen LogP contribution in [0, 0.1) is 0 Å². The fraction of sp³-hybridized carbons (Fsp3) is 0.133. The molecule has 0 radical (unpaired) electrons. The average Bonchev–Trinajstić information content (AvgIpc) is 2.46. The molecular weight excluding hydrogens is 228 g/mol. The Bertz CT molecular complexity index is 503. The van der Waals surface area contributed by atoms with Crippen molar-refractivity contribution in [1.82, 2.24) is 0 Å². The standard InChI is InChI=1S/C15H14O3/c1-17-14-9-7-13(8-10-14)15(16)18-11-12-5-3-2-4-6-12/h2-10H,11H2,1H3. The topological polar surface area (TPSA) is 35.5 Å². The molecule has 0 aliphatic rings. The van der Waals surface area contributed by atoms with Gasteiger partial charge in [-0.05, 0) is 29.8 Å². The van der Waals surface area contributed by atoms with Crippen molar-refractivity contribution in [2.45, 2.75) is 6.61 Å². The Morgan fingerprint density at radius 3 is 2.28 bits per heavy atom. The molecule has 0 heterocycles. The van der Waals surface area contributed by atoms with E-state index in [0.29, 0.717) is 5.56 Å². The van der Waals surface area contributed by atoms with Crippen LogP contribution >= 0.6 is 0 Å². The van der Waals surface area contributed by atoms with Gasteiger partial charge in [-0.3, -0.25) is 0 Å². The fourth-order valence-corrected chi connectivity index (χ4v) is 1.53. The molecule has 92 valence electrons. The highest BCUT2D eigenvalue weighted by Crippen LogP contribution is 2.12. The van der Waals surface area contributed by atoms with Gasteiger partial charge < -0.3 is 9.47 Å². The van der Waals surface area contributed by atoms with E-state index in [-0.39, 0.29) is 12.6 Å². The predicted molar refractivity (Wildman–Crippen MR) is 68.6 cm³/mol. The van der Waals surface area contributed by atoms with Crippen molar-refractivity contribution in [2.75, 3.05) is 7.11 Å². The Morgan fingerprint density at radius 1 is 1.00 bits per heavy atom. The molecule has 2 aromatic carbocycles. The first-order valence-corrected chi connectivity index (χ1v) is 5.64. The summed E-state index contributed by atoms with van der Waals surface area (Å²) >= 11 is 0. The monoisotopic (exact) mass is 242 g/mol. The number of carbonyl (C=O) groups is 1. The summed E-state index contributed by atoms with van der Waals surface area (Å²) in [4.78, 5) is 11.8. The van der Waals surface area contributed by atoms with Gasteiger partial charge in [0.05, 0.1) is 12.7 Å². The van der Waals surface area contributed by atoms with Crippen molar-refractivity contribution in [3.05, 3.63) is 65.7 Å². The Kier molecular flexibility index (Phi) is 3.97. The average molecular weight is 242 g/mol. The van der Waals surface area contributed by atoms with Gasteiger partial charge in [0.2, 0.25) is 0 Å². The van der Waals surface area contributed by atoms with E-state index in [2.05, 4.69) is 0 Å². The van der Waals surface area contributed by atoms with Gasteiger partial charge in [-0.15, -0.1) is 0 Å². The van der Waals surface area contributed by atoms with Crippen LogP contribution in [0.3, 0.4) is 0 Å². The first kappa shape index (κ1) is 12.2. The van der Waals surface area contributed by atoms with E-state index in [1.807, 2.05) is 30.3 Å². The van der Waals surface area contributed by atoms with Gasteiger partial charge in [-0.25, -0.2) is 4.79 Å². The van der Waals surface area contributed by atoms with Crippen molar-refractivity contribution in [2.24, 2.45) is 0 Å². The van der Waals surface area contributed by atoms with Crippen molar-refractivity contribution in [3.63, 3.8) is 0 Å². The molecule has 0 N–H and O–H groups in total. The van der Waals surface area contributed by atoms with Crippen LogP contribution in [0.2, 0.25) is 0 Å². The number of hydrogen-bond donors (Lipinski definition) is 0. The second-order valence-corrected chi connectivity index (χ2v) is 3.79. The molecule has 0 aromatic heterocycles. The maximum absolute atomic E-state index is 11.8. The lowest BCUT2D eigenvalue weighted by Crippen LogP contribution is -2.05. The first-order valence-electron chi connectivity index (χ1n) is 5.64. The Labute approximate surface area is 106 Å². The number of benzene rings is 2. The van der Waals surface area contributed by atoms with Gasteiger partial charge in [0.15, 0.2) is 0 Å². The van der Waals surface area contributed by atoms with Crippen LogP contribution in [0.4, 0.5) is 0 Å². The molecule has 3 heteroatoms. The van der Waals surface area contributed by atoms with Crippen LogP contribution in [-0.2, 0) is 11.3 Å². The van der Waals surface area contributed by atoms with E-state index < -0.39 is 0 Å². The van der Waals surface area contributed by atoms with Crippen LogP contribution in [-0.4, -0.2) is 13.1 Å². The minimum atomic E-state index is -0.332. The third-order valence-corrected chi connectivity index (χ3v) is 2.54. The molecule has 0 atom stereocenters. The molecule has 2 aromatic rings. The van der Waals surface area contributed by atoms with Crippen molar-refractivity contribution in [3.8, 4) is 5.75 Å². The van der Waals surface area contributed by atoms with Gasteiger partial charge in [0.1, 0.15) is 12.4 Å². The molecule has 0 aliphatic carbocycles. The number of ether oxygens (including phenoxy) is 2.